The topological polar surface area (TPSA) is 191 Å². The van der Waals surface area contributed by atoms with Crippen LogP contribution in [0.15, 0.2) is 24.3 Å². The lowest BCUT2D eigenvalue weighted by atomic mass is 9.99. The number of carboxylic acid groups (broad SMARTS) is 1. The minimum absolute atomic E-state index is 0. The van der Waals surface area contributed by atoms with Crippen LogP contribution in [0.4, 0.5) is 5.69 Å². The van der Waals surface area contributed by atoms with E-state index in [4.69, 9.17) is 14.6 Å². The third-order valence-corrected chi connectivity index (χ3v) is 3.11. The van der Waals surface area contributed by atoms with Crippen molar-refractivity contribution in [3.05, 3.63) is 34.4 Å². The maximum Gasteiger partial charge on any atom is 0.335 e. The molecule has 0 bridgehead atoms. The van der Waals surface area contributed by atoms with Crippen LogP contribution in [0.3, 0.4) is 0 Å². The summed E-state index contributed by atoms with van der Waals surface area (Å²) in [7, 11) is 0. The quantitative estimate of drug-likeness (QED) is 0.358. The highest BCUT2D eigenvalue weighted by molar-refractivity contribution is 5.73. The largest absolute Gasteiger partial charge is 0.479 e. The molecule has 1 aliphatic rings. The van der Waals surface area contributed by atoms with Gasteiger partial charge in [0.15, 0.2) is 6.10 Å². The molecule has 0 unspecified atom stereocenters. The lowest BCUT2D eigenvalue weighted by molar-refractivity contribution is -0.384. The third kappa shape index (κ3) is 3.91. The number of nitro benzene ring substituents is 1. The van der Waals surface area contributed by atoms with E-state index in [0.717, 1.165) is 12.1 Å². The van der Waals surface area contributed by atoms with E-state index in [1.54, 1.807) is 0 Å². The van der Waals surface area contributed by atoms with Crippen molar-refractivity contribution in [3.8, 4) is 5.75 Å². The summed E-state index contributed by atoms with van der Waals surface area (Å²) in [4.78, 5) is 20.8. The van der Waals surface area contributed by atoms with E-state index < -0.39 is 41.6 Å². The van der Waals surface area contributed by atoms with Gasteiger partial charge < -0.3 is 35.4 Å². The van der Waals surface area contributed by atoms with Crippen molar-refractivity contribution in [2.75, 3.05) is 0 Å². The summed E-state index contributed by atoms with van der Waals surface area (Å²) in [5, 5.41) is 48.3. The molecule has 0 radical (unpaired) electrons. The van der Waals surface area contributed by atoms with E-state index in [2.05, 4.69) is 0 Å². The lowest BCUT2D eigenvalue weighted by Gasteiger charge is -2.38. The molecular weight excluding hydrogens is 318 g/mol. The van der Waals surface area contributed by atoms with Crippen LogP contribution >= 0.6 is 0 Å². The van der Waals surface area contributed by atoms with Gasteiger partial charge in [0.25, 0.3) is 5.69 Å². The van der Waals surface area contributed by atoms with Gasteiger partial charge in [-0.2, -0.15) is 0 Å². The number of non-ortho nitro benzene ring substituents is 1. The number of benzene rings is 1. The van der Waals surface area contributed by atoms with Gasteiger partial charge in [-0.25, -0.2) is 4.79 Å². The summed E-state index contributed by atoms with van der Waals surface area (Å²) in [5.74, 6) is -1.47. The predicted molar refractivity (Wildman–Crippen MR) is 71.7 cm³/mol. The number of nitro groups is 1. The SMILES string of the molecule is O.O=C(O)[C@H]1O[C@@H](Oc2ccc([N+](=O)[O-])cc2)[C@H](O)[C@@H](O)[C@@H]1O. The molecule has 1 aromatic rings. The summed E-state index contributed by atoms with van der Waals surface area (Å²) in [6, 6.07) is 4.73. The average Bonchev–Trinajstić information content (AvgIpc) is 2.48. The lowest BCUT2D eigenvalue weighted by Crippen LogP contribution is -2.61. The number of hydrogen-bond donors (Lipinski definition) is 4. The molecule has 0 spiro atoms. The zero-order valence-corrected chi connectivity index (χ0v) is 11.5. The second kappa shape index (κ2) is 7.30. The van der Waals surface area contributed by atoms with Crippen molar-refractivity contribution in [1.29, 1.82) is 0 Å². The van der Waals surface area contributed by atoms with Crippen LogP contribution < -0.4 is 4.74 Å². The number of ether oxygens (including phenoxy) is 2. The van der Waals surface area contributed by atoms with Crippen molar-refractivity contribution < 1.29 is 45.1 Å². The molecule has 11 nitrogen and oxygen atoms in total. The molecule has 0 aromatic heterocycles. The number of carbonyl (C=O) groups is 1. The molecule has 1 aliphatic heterocycles. The molecule has 1 aromatic carbocycles. The number of rotatable bonds is 4. The minimum atomic E-state index is -1.82. The first-order valence-corrected chi connectivity index (χ1v) is 6.15. The number of aliphatic hydroxyl groups is 3. The van der Waals surface area contributed by atoms with E-state index in [1.165, 1.54) is 12.1 Å². The van der Waals surface area contributed by atoms with Gasteiger partial charge in [-0.15, -0.1) is 0 Å². The fraction of sp³-hybridized carbons (Fsp3) is 0.417. The van der Waals surface area contributed by atoms with E-state index >= 15 is 0 Å². The smallest absolute Gasteiger partial charge is 0.335 e. The Morgan fingerprint density at radius 3 is 2.17 bits per heavy atom. The average molecular weight is 333 g/mol. The first kappa shape index (κ1) is 18.7. The molecule has 1 heterocycles. The Morgan fingerprint density at radius 1 is 1.13 bits per heavy atom. The molecule has 23 heavy (non-hydrogen) atoms. The zero-order chi connectivity index (χ0) is 16.4. The zero-order valence-electron chi connectivity index (χ0n) is 11.5. The van der Waals surface area contributed by atoms with Gasteiger partial charge in [-0.05, 0) is 12.1 Å². The van der Waals surface area contributed by atoms with Crippen molar-refractivity contribution in [2.24, 2.45) is 0 Å². The number of hydrogen-bond acceptors (Lipinski definition) is 8. The Morgan fingerprint density at radius 2 is 1.70 bits per heavy atom. The van der Waals surface area contributed by atoms with Gasteiger partial charge in [0.2, 0.25) is 6.29 Å². The summed E-state index contributed by atoms with van der Waals surface area (Å²) in [6.45, 7) is 0. The van der Waals surface area contributed by atoms with Crippen molar-refractivity contribution in [1.82, 2.24) is 0 Å². The summed E-state index contributed by atoms with van der Waals surface area (Å²) in [6.07, 6.45) is -8.62. The summed E-state index contributed by atoms with van der Waals surface area (Å²) in [5.41, 5.74) is -0.184. The number of aliphatic carboxylic acids is 1. The fourth-order valence-electron chi connectivity index (χ4n) is 1.93. The van der Waals surface area contributed by atoms with E-state index in [-0.39, 0.29) is 16.9 Å². The molecule has 1 saturated heterocycles. The first-order chi connectivity index (χ1) is 10.3. The molecule has 2 rings (SSSR count). The molecule has 0 aliphatic carbocycles. The highest BCUT2D eigenvalue weighted by Crippen LogP contribution is 2.25. The normalized spacial score (nSPS) is 30.1. The predicted octanol–water partition coefficient (Wildman–Crippen LogP) is -1.96. The molecule has 5 atom stereocenters. The van der Waals surface area contributed by atoms with Gasteiger partial charge >= 0.3 is 5.97 Å². The van der Waals surface area contributed by atoms with Crippen LogP contribution in [0, 0.1) is 10.1 Å². The summed E-state index contributed by atoms with van der Waals surface area (Å²) < 4.78 is 10.1. The maximum absolute atomic E-state index is 10.9. The highest BCUT2D eigenvalue weighted by Gasteiger charge is 2.48. The molecule has 128 valence electrons. The van der Waals surface area contributed by atoms with Crippen LogP contribution in [-0.2, 0) is 9.53 Å². The van der Waals surface area contributed by atoms with E-state index in [1.807, 2.05) is 0 Å². The minimum Gasteiger partial charge on any atom is -0.479 e. The molecule has 1 fully saturated rings. The van der Waals surface area contributed by atoms with Crippen LogP contribution in [0.5, 0.6) is 5.75 Å². The molecule has 0 saturated carbocycles. The van der Waals surface area contributed by atoms with E-state index in [9.17, 15) is 30.2 Å². The van der Waals surface area contributed by atoms with Gasteiger partial charge in [0.1, 0.15) is 24.1 Å². The second-order valence-corrected chi connectivity index (χ2v) is 4.60. The molecule has 0 amide bonds. The monoisotopic (exact) mass is 333 g/mol. The van der Waals surface area contributed by atoms with Crippen LogP contribution in [0.25, 0.3) is 0 Å². The first-order valence-electron chi connectivity index (χ1n) is 6.15. The Labute approximate surface area is 128 Å². The second-order valence-electron chi connectivity index (χ2n) is 4.60. The Kier molecular flexibility index (Phi) is 5.95. The van der Waals surface area contributed by atoms with Gasteiger partial charge in [0, 0.05) is 12.1 Å². The van der Waals surface area contributed by atoms with Crippen LogP contribution in [0.1, 0.15) is 0 Å². The highest BCUT2D eigenvalue weighted by atomic mass is 16.7. The van der Waals surface area contributed by atoms with Gasteiger partial charge in [-0.3, -0.25) is 10.1 Å². The third-order valence-electron chi connectivity index (χ3n) is 3.11. The maximum atomic E-state index is 10.9. The standard InChI is InChI=1S/C12H13NO9.H2O/c14-7-8(15)10(11(17)18)22-12(9(7)16)21-6-3-1-5(2-4-6)13(19)20;/h1-4,7-10,12,14-16H,(H,17,18);1H2/t7-,8-,9+,10-,12+;/m0./s1. The number of aliphatic hydroxyl groups excluding tert-OH is 3. The van der Waals surface area contributed by atoms with Crippen molar-refractivity contribution in [2.45, 2.75) is 30.7 Å². The van der Waals surface area contributed by atoms with Gasteiger partial charge in [0.05, 0.1) is 4.92 Å². The molecule has 6 N–H and O–H groups in total. The Hall–Kier alpha value is -2.31. The molecule has 11 heteroatoms. The molecular formula is C12H15NO10. The van der Waals surface area contributed by atoms with Crippen molar-refractivity contribution in [3.63, 3.8) is 0 Å². The van der Waals surface area contributed by atoms with Gasteiger partial charge in [-0.1, -0.05) is 0 Å². The van der Waals surface area contributed by atoms with Crippen molar-refractivity contribution >= 4 is 11.7 Å². The fourth-order valence-corrected chi connectivity index (χ4v) is 1.93. The van der Waals surface area contributed by atoms with Crippen LogP contribution in [-0.4, -0.2) is 67.5 Å². The summed E-state index contributed by atoms with van der Waals surface area (Å²) >= 11 is 0. The Bertz CT molecular complexity index is 561. The Balaban J connectivity index is 0.00000264. The number of carboxylic acids is 1. The van der Waals surface area contributed by atoms with Crippen LogP contribution in [0.2, 0.25) is 0 Å². The van der Waals surface area contributed by atoms with E-state index in [0.29, 0.717) is 0 Å². The number of nitrogens with zero attached hydrogens (tertiary/aromatic N) is 1.